The second kappa shape index (κ2) is 6.49. The first kappa shape index (κ1) is 16.1. The Hall–Kier alpha value is -0.920. The van der Waals surface area contributed by atoms with E-state index < -0.39 is 16.0 Å². The summed E-state index contributed by atoms with van der Waals surface area (Å²) in [4.78, 5) is 10.9. The van der Waals surface area contributed by atoms with E-state index in [0.29, 0.717) is 16.6 Å². The Morgan fingerprint density at radius 2 is 2.05 bits per heavy atom. The quantitative estimate of drug-likeness (QED) is 0.773. The van der Waals surface area contributed by atoms with E-state index in [1.54, 1.807) is 6.92 Å². The monoisotopic (exact) mass is 349 g/mol. The Morgan fingerprint density at radius 3 is 2.58 bits per heavy atom. The summed E-state index contributed by atoms with van der Waals surface area (Å²) < 4.78 is 27.1. The number of nitrogens with one attached hydrogen (secondary N) is 1. The first-order valence-electron chi connectivity index (χ1n) is 5.82. The molecule has 0 saturated heterocycles. The fourth-order valence-electron chi connectivity index (χ4n) is 1.52. The molecular weight excluding hydrogens is 334 g/mol. The molecule has 106 valence electrons. The number of carboxylic acid groups (broad SMARTS) is 1. The van der Waals surface area contributed by atoms with Gasteiger partial charge in [0.05, 0.1) is 10.5 Å². The van der Waals surface area contributed by atoms with Crippen molar-refractivity contribution in [3.63, 3.8) is 0 Å². The van der Waals surface area contributed by atoms with Crippen LogP contribution in [0.4, 0.5) is 0 Å². The molecule has 1 rings (SSSR count). The van der Waals surface area contributed by atoms with Crippen molar-refractivity contribution in [2.75, 3.05) is 6.54 Å². The van der Waals surface area contributed by atoms with Crippen molar-refractivity contribution in [1.82, 2.24) is 4.72 Å². The number of hydrogen-bond acceptors (Lipinski definition) is 3. The van der Waals surface area contributed by atoms with Crippen LogP contribution in [0.3, 0.4) is 0 Å². The molecule has 5 nitrogen and oxygen atoms in total. The molecule has 0 aliphatic carbocycles. The molecule has 2 N–H and O–H groups in total. The lowest BCUT2D eigenvalue weighted by atomic mass is 10.1. The highest BCUT2D eigenvalue weighted by Gasteiger charge is 2.21. The number of aryl methyl sites for hydroxylation is 1. The van der Waals surface area contributed by atoms with E-state index in [-0.39, 0.29) is 10.5 Å². The summed E-state index contributed by atoms with van der Waals surface area (Å²) in [6, 6.07) is 2.59. The van der Waals surface area contributed by atoms with Crippen molar-refractivity contribution in [2.24, 2.45) is 0 Å². The first-order valence-corrected chi connectivity index (χ1v) is 8.10. The molecule has 1 aromatic carbocycles. The predicted molar refractivity (Wildman–Crippen MR) is 75.9 cm³/mol. The number of carbonyl (C=O) groups is 1. The molecule has 0 saturated carbocycles. The normalized spacial score (nSPS) is 11.5. The lowest BCUT2D eigenvalue weighted by molar-refractivity contribution is 0.0696. The number of carboxylic acids is 1. The lowest BCUT2D eigenvalue weighted by Crippen LogP contribution is -2.25. The molecule has 0 aliphatic heterocycles. The largest absolute Gasteiger partial charge is 0.478 e. The molecule has 0 unspecified atom stereocenters. The standard InChI is InChI=1S/C12H16BrNO4S/c1-3-4-5-14-19(17,18)10-7-9(12(15)16)6-8(2)11(10)13/h6-7,14H,3-5H2,1-2H3,(H,15,16). The van der Waals surface area contributed by atoms with Crippen LogP contribution >= 0.6 is 15.9 Å². The highest BCUT2D eigenvalue weighted by atomic mass is 79.9. The Balaban J connectivity index is 3.21. The van der Waals surface area contributed by atoms with Crippen LogP contribution in [0.25, 0.3) is 0 Å². The van der Waals surface area contributed by atoms with Crippen LogP contribution in [-0.4, -0.2) is 26.0 Å². The molecule has 7 heteroatoms. The summed E-state index contributed by atoms with van der Waals surface area (Å²) in [5, 5.41) is 8.97. The van der Waals surface area contributed by atoms with Gasteiger partial charge >= 0.3 is 5.97 Å². The van der Waals surface area contributed by atoms with E-state index in [4.69, 9.17) is 5.11 Å². The minimum atomic E-state index is -3.70. The van der Waals surface area contributed by atoms with Gasteiger partial charge in [-0.25, -0.2) is 17.9 Å². The molecule has 0 amide bonds. The van der Waals surface area contributed by atoms with Crippen molar-refractivity contribution in [1.29, 1.82) is 0 Å². The number of halogens is 1. The SMILES string of the molecule is CCCCNS(=O)(=O)c1cc(C(=O)O)cc(C)c1Br. The molecule has 0 aromatic heterocycles. The van der Waals surface area contributed by atoms with Gasteiger partial charge in [0.1, 0.15) is 0 Å². The van der Waals surface area contributed by atoms with Crippen molar-refractivity contribution in [3.05, 3.63) is 27.7 Å². The predicted octanol–water partition coefficient (Wildman–Crippen LogP) is 2.53. The number of sulfonamides is 1. The van der Waals surface area contributed by atoms with E-state index in [9.17, 15) is 13.2 Å². The van der Waals surface area contributed by atoms with Gasteiger partial charge in [0, 0.05) is 11.0 Å². The van der Waals surface area contributed by atoms with Gasteiger partial charge in [-0.1, -0.05) is 13.3 Å². The molecule has 0 fully saturated rings. The fourth-order valence-corrected chi connectivity index (χ4v) is 3.63. The van der Waals surface area contributed by atoms with E-state index in [1.165, 1.54) is 6.07 Å². The maximum absolute atomic E-state index is 12.1. The number of aromatic carboxylic acids is 1. The smallest absolute Gasteiger partial charge is 0.335 e. The average molecular weight is 350 g/mol. The Labute approximate surface area is 121 Å². The molecule has 0 radical (unpaired) electrons. The van der Waals surface area contributed by atoms with Gasteiger partial charge in [0.25, 0.3) is 0 Å². The number of hydrogen-bond donors (Lipinski definition) is 2. The summed E-state index contributed by atoms with van der Waals surface area (Å²) in [5.74, 6) is -1.15. The zero-order valence-corrected chi connectivity index (χ0v) is 13.1. The Morgan fingerprint density at radius 1 is 1.42 bits per heavy atom. The third-order valence-electron chi connectivity index (χ3n) is 2.58. The van der Waals surface area contributed by atoms with E-state index in [2.05, 4.69) is 20.7 Å². The fraction of sp³-hybridized carbons (Fsp3) is 0.417. The van der Waals surface area contributed by atoms with Crippen LogP contribution < -0.4 is 4.72 Å². The van der Waals surface area contributed by atoms with Crippen LogP contribution in [0.1, 0.15) is 35.7 Å². The van der Waals surface area contributed by atoms with Gasteiger partial charge in [-0.3, -0.25) is 0 Å². The molecule has 0 spiro atoms. The van der Waals surface area contributed by atoms with Crippen molar-refractivity contribution >= 4 is 31.9 Å². The van der Waals surface area contributed by atoms with Crippen LogP contribution in [0.5, 0.6) is 0 Å². The number of benzene rings is 1. The summed E-state index contributed by atoms with van der Waals surface area (Å²) in [7, 11) is -3.70. The highest BCUT2D eigenvalue weighted by molar-refractivity contribution is 9.10. The van der Waals surface area contributed by atoms with Gasteiger partial charge < -0.3 is 5.11 Å². The summed E-state index contributed by atoms with van der Waals surface area (Å²) >= 11 is 3.20. The van der Waals surface area contributed by atoms with E-state index in [0.717, 1.165) is 18.9 Å². The topological polar surface area (TPSA) is 83.5 Å². The third-order valence-corrected chi connectivity index (χ3v) is 5.38. The summed E-state index contributed by atoms with van der Waals surface area (Å²) in [6.07, 6.45) is 1.60. The zero-order valence-electron chi connectivity index (χ0n) is 10.7. The highest BCUT2D eigenvalue weighted by Crippen LogP contribution is 2.27. The van der Waals surface area contributed by atoms with Crippen molar-refractivity contribution in [2.45, 2.75) is 31.6 Å². The van der Waals surface area contributed by atoms with Gasteiger partial charge in [0.2, 0.25) is 10.0 Å². The van der Waals surface area contributed by atoms with Crippen LogP contribution in [0.2, 0.25) is 0 Å². The maximum atomic E-state index is 12.1. The Bertz CT molecular complexity index is 584. The summed E-state index contributed by atoms with van der Waals surface area (Å²) in [5.41, 5.74) is 0.521. The van der Waals surface area contributed by atoms with Gasteiger partial charge in [0.15, 0.2) is 0 Å². The molecule has 0 aliphatic rings. The third kappa shape index (κ3) is 4.02. The second-order valence-electron chi connectivity index (χ2n) is 4.16. The second-order valence-corrected chi connectivity index (χ2v) is 6.69. The lowest BCUT2D eigenvalue weighted by Gasteiger charge is -2.11. The maximum Gasteiger partial charge on any atom is 0.335 e. The molecule has 0 heterocycles. The Kier molecular flexibility index (Phi) is 5.51. The van der Waals surface area contributed by atoms with Crippen molar-refractivity contribution in [3.8, 4) is 0 Å². The van der Waals surface area contributed by atoms with Crippen LogP contribution in [0.15, 0.2) is 21.5 Å². The zero-order chi connectivity index (χ0) is 14.6. The van der Waals surface area contributed by atoms with Crippen molar-refractivity contribution < 1.29 is 18.3 Å². The molecular formula is C12H16BrNO4S. The molecule has 19 heavy (non-hydrogen) atoms. The average Bonchev–Trinajstić information content (AvgIpc) is 2.32. The van der Waals surface area contributed by atoms with Crippen LogP contribution in [0, 0.1) is 6.92 Å². The molecule has 0 atom stereocenters. The van der Waals surface area contributed by atoms with Gasteiger partial charge in [-0.15, -0.1) is 0 Å². The molecule has 1 aromatic rings. The molecule has 0 bridgehead atoms. The van der Waals surface area contributed by atoms with Gasteiger partial charge in [-0.05, 0) is 47.0 Å². The van der Waals surface area contributed by atoms with E-state index in [1.807, 2.05) is 6.92 Å². The van der Waals surface area contributed by atoms with Gasteiger partial charge in [-0.2, -0.15) is 0 Å². The van der Waals surface area contributed by atoms with Crippen LogP contribution in [-0.2, 0) is 10.0 Å². The van der Waals surface area contributed by atoms with E-state index >= 15 is 0 Å². The minimum Gasteiger partial charge on any atom is -0.478 e. The first-order chi connectivity index (χ1) is 8.79. The summed E-state index contributed by atoms with van der Waals surface area (Å²) in [6.45, 7) is 3.95. The minimum absolute atomic E-state index is 0.0407. The number of rotatable bonds is 6. The number of unbranched alkanes of at least 4 members (excludes halogenated alkanes) is 1.